The molecule has 1 aromatic rings. The molecule has 0 aliphatic carbocycles. The molecule has 7 nitrogen and oxygen atoms in total. The third kappa shape index (κ3) is 4.33. The Kier molecular flexibility index (Phi) is 4.96. The lowest BCUT2D eigenvalue weighted by Crippen LogP contribution is -2.39. The highest BCUT2D eigenvalue weighted by Crippen LogP contribution is 2.39. The Morgan fingerprint density at radius 1 is 1.17 bits per heavy atom. The van der Waals surface area contributed by atoms with Gasteiger partial charge in [0.15, 0.2) is 12.1 Å². The molecule has 2 saturated heterocycles. The number of fused-ring (bicyclic) bond motifs is 1. The van der Waals surface area contributed by atoms with Gasteiger partial charge in [-0.15, -0.1) is 0 Å². The van der Waals surface area contributed by atoms with E-state index >= 15 is 0 Å². The summed E-state index contributed by atoms with van der Waals surface area (Å²) in [5, 5.41) is 0. The average Bonchev–Trinajstić information content (AvgIpc) is 2.95. The molecule has 8 heteroatoms. The van der Waals surface area contributed by atoms with Gasteiger partial charge in [-0.2, -0.15) is 8.42 Å². The molecule has 134 valence electrons. The van der Waals surface area contributed by atoms with Crippen molar-refractivity contribution in [3.05, 3.63) is 35.9 Å². The molecule has 2 heterocycles. The normalized spacial score (nSPS) is 32.0. The van der Waals surface area contributed by atoms with E-state index in [1.807, 2.05) is 30.3 Å². The number of hydrogen-bond donors (Lipinski definition) is 0. The SMILES string of the molecule is CC1(C)O[C@H]2O[C@H](COS(C)(=O)=O)[C@H](OCc3ccccc3)[C@H]2O1. The summed E-state index contributed by atoms with van der Waals surface area (Å²) in [5.74, 6) is -0.771. The van der Waals surface area contributed by atoms with Crippen LogP contribution in [0.2, 0.25) is 0 Å². The monoisotopic (exact) mass is 358 g/mol. The molecule has 0 radical (unpaired) electrons. The zero-order valence-electron chi connectivity index (χ0n) is 13.9. The molecule has 2 fully saturated rings. The maximum absolute atomic E-state index is 11.2. The van der Waals surface area contributed by atoms with E-state index in [0.29, 0.717) is 6.61 Å². The highest BCUT2D eigenvalue weighted by molar-refractivity contribution is 7.85. The molecular weight excluding hydrogens is 336 g/mol. The fourth-order valence-corrected chi connectivity index (χ4v) is 3.22. The van der Waals surface area contributed by atoms with Gasteiger partial charge < -0.3 is 18.9 Å². The van der Waals surface area contributed by atoms with E-state index in [1.54, 1.807) is 13.8 Å². The molecule has 0 saturated carbocycles. The van der Waals surface area contributed by atoms with Crippen LogP contribution in [-0.4, -0.2) is 51.7 Å². The minimum atomic E-state index is -3.57. The topological polar surface area (TPSA) is 80.3 Å². The van der Waals surface area contributed by atoms with Crippen LogP contribution in [0.25, 0.3) is 0 Å². The van der Waals surface area contributed by atoms with E-state index in [0.717, 1.165) is 11.8 Å². The second-order valence-corrected chi connectivity index (χ2v) is 8.04. The number of benzene rings is 1. The first-order valence-electron chi connectivity index (χ1n) is 7.74. The molecule has 24 heavy (non-hydrogen) atoms. The van der Waals surface area contributed by atoms with Crippen LogP contribution in [0.4, 0.5) is 0 Å². The molecule has 4 atom stereocenters. The standard InChI is InChI=1S/C16H22O7S/c1-16(2)22-14-13(19-9-11-7-5-4-6-8-11)12(21-15(14)23-16)10-20-24(3,17)18/h4-8,12-15H,9-10H2,1-3H3/t12-,13+,14-,15-/m1/s1. The molecule has 2 aliphatic rings. The molecule has 3 rings (SSSR count). The maximum Gasteiger partial charge on any atom is 0.264 e. The van der Waals surface area contributed by atoms with E-state index in [4.69, 9.17) is 23.1 Å². The zero-order chi connectivity index (χ0) is 17.4. The Labute approximate surface area is 141 Å². The predicted octanol–water partition coefficient (Wildman–Crippen LogP) is 1.42. The summed E-state index contributed by atoms with van der Waals surface area (Å²) in [6, 6.07) is 9.68. The lowest BCUT2D eigenvalue weighted by atomic mass is 10.1. The summed E-state index contributed by atoms with van der Waals surface area (Å²) in [5.41, 5.74) is 1.00. The van der Waals surface area contributed by atoms with Gasteiger partial charge in [0, 0.05) is 0 Å². The molecule has 0 amide bonds. The minimum Gasteiger partial charge on any atom is -0.368 e. The van der Waals surface area contributed by atoms with Crippen molar-refractivity contribution in [2.45, 2.75) is 50.8 Å². The molecule has 0 spiro atoms. The Morgan fingerprint density at radius 2 is 1.88 bits per heavy atom. The van der Waals surface area contributed by atoms with Crippen molar-refractivity contribution < 1.29 is 31.5 Å². The van der Waals surface area contributed by atoms with E-state index < -0.39 is 40.5 Å². The van der Waals surface area contributed by atoms with Gasteiger partial charge >= 0.3 is 0 Å². The average molecular weight is 358 g/mol. The van der Waals surface area contributed by atoms with Gasteiger partial charge in [-0.1, -0.05) is 30.3 Å². The highest BCUT2D eigenvalue weighted by Gasteiger charge is 2.55. The zero-order valence-corrected chi connectivity index (χ0v) is 14.7. The van der Waals surface area contributed by atoms with Gasteiger partial charge in [0.2, 0.25) is 0 Å². The highest BCUT2D eigenvalue weighted by atomic mass is 32.2. The Morgan fingerprint density at radius 3 is 2.54 bits per heavy atom. The van der Waals surface area contributed by atoms with E-state index in [9.17, 15) is 8.42 Å². The van der Waals surface area contributed by atoms with Crippen LogP contribution in [0, 0.1) is 0 Å². The molecule has 0 N–H and O–H groups in total. The summed E-state index contributed by atoms with van der Waals surface area (Å²) >= 11 is 0. The first kappa shape index (κ1) is 17.8. The fraction of sp³-hybridized carbons (Fsp3) is 0.625. The Hall–Kier alpha value is -1.03. The first-order valence-corrected chi connectivity index (χ1v) is 9.56. The molecular formula is C16H22O7S. The van der Waals surface area contributed by atoms with Crippen LogP contribution in [0.3, 0.4) is 0 Å². The van der Waals surface area contributed by atoms with Crippen LogP contribution in [-0.2, 0) is 39.9 Å². The van der Waals surface area contributed by atoms with Crippen molar-refractivity contribution in [1.29, 1.82) is 0 Å². The van der Waals surface area contributed by atoms with Crippen molar-refractivity contribution in [1.82, 2.24) is 0 Å². The van der Waals surface area contributed by atoms with Crippen molar-refractivity contribution in [2.24, 2.45) is 0 Å². The van der Waals surface area contributed by atoms with Crippen LogP contribution in [0.15, 0.2) is 30.3 Å². The summed E-state index contributed by atoms with van der Waals surface area (Å²) in [6.45, 7) is 3.81. The van der Waals surface area contributed by atoms with Crippen molar-refractivity contribution in [3.63, 3.8) is 0 Å². The second-order valence-electron chi connectivity index (χ2n) is 6.39. The number of ether oxygens (including phenoxy) is 4. The maximum atomic E-state index is 11.2. The Bertz CT molecular complexity index is 658. The first-order chi connectivity index (χ1) is 11.2. The molecule has 0 bridgehead atoms. The lowest BCUT2D eigenvalue weighted by molar-refractivity contribution is -0.221. The summed E-state index contributed by atoms with van der Waals surface area (Å²) < 4.78 is 50.6. The summed E-state index contributed by atoms with van der Waals surface area (Å²) in [7, 11) is -3.57. The van der Waals surface area contributed by atoms with Gasteiger partial charge in [-0.25, -0.2) is 0 Å². The third-order valence-electron chi connectivity index (χ3n) is 3.82. The van der Waals surface area contributed by atoms with Gasteiger partial charge in [0.1, 0.15) is 18.3 Å². The van der Waals surface area contributed by atoms with Crippen LogP contribution < -0.4 is 0 Å². The van der Waals surface area contributed by atoms with Crippen LogP contribution in [0.5, 0.6) is 0 Å². The van der Waals surface area contributed by atoms with E-state index in [1.165, 1.54) is 0 Å². The van der Waals surface area contributed by atoms with Gasteiger partial charge in [0.25, 0.3) is 10.1 Å². The van der Waals surface area contributed by atoms with E-state index in [-0.39, 0.29) is 6.61 Å². The molecule has 2 aliphatic heterocycles. The second kappa shape index (κ2) is 6.70. The Balaban J connectivity index is 1.69. The smallest absolute Gasteiger partial charge is 0.264 e. The molecule has 0 unspecified atom stereocenters. The van der Waals surface area contributed by atoms with E-state index in [2.05, 4.69) is 0 Å². The van der Waals surface area contributed by atoms with Crippen molar-refractivity contribution in [2.75, 3.05) is 12.9 Å². The molecule has 0 aromatic heterocycles. The van der Waals surface area contributed by atoms with Gasteiger partial charge in [-0.3, -0.25) is 4.18 Å². The lowest BCUT2D eigenvalue weighted by Gasteiger charge is -2.25. The van der Waals surface area contributed by atoms with Gasteiger partial charge in [-0.05, 0) is 19.4 Å². The van der Waals surface area contributed by atoms with Gasteiger partial charge in [0.05, 0.1) is 19.5 Å². The van der Waals surface area contributed by atoms with Crippen LogP contribution >= 0.6 is 0 Å². The van der Waals surface area contributed by atoms with Crippen LogP contribution in [0.1, 0.15) is 19.4 Å². The quantitative estimate of drug-likeness (QED) is 0.712. The largest absolute Gasteiger partial charge is 0.368 e. The number of hydrogen-bond acceptors (Lipinski definition) is 7. The fourth-order valence-electron chi connectivity index (χ4n) is 2.84. The predicted molar refractivity (Wildman–Crippen MR) is 84.5 cm³/mol. The summed E-state index contributed by atoms with van der Waals surface area (Å²) in [6.07, 6.45) is -1.11. The third-order valence-corrected chi connectivity index (χ3v) is 4.38. The summed E-state index contributed by atoms with van der Waals surface area (Å²) in [4.78, 5) is 0. The van der Waals surface area contributed by atoms with Crippen molar-refractivity contribution in [3.8, 4) is 0 Å². The van der Waals surface area contributed by atoms with Crippen molar-refractivity contribution >= 4 is 10.1 Å². The minimum absolute atomic E-state index is 0.140. The number of rotatable bonds is 6. The molecule has 1 aromatic carbocycles.